The van der Waals surface area contributed by atoms with Crippen molar-refractivity contribution in [3.05, 3.63) is 12.2 Å². The Bertz CT molecular complexity index is 321. The van der Waals surface area contributed by atoms with E-state index in [1.54, 1.807) is 26.0 Å². The van der Waals surface area contributed by atoms with Gasteiger partial charge < -0.3 is 9.47 Å². The van der Waals surface area contributed by atoms with Crippen molar-refractivity contribution in [3.63, 3.8) is 0 Å². The molecule has 1 N–H and O–H groups in total. The molecule has 0 heterocycles. The fraction of sp³-hybridized carbons (Fsp3) is 0.600. The van der Waals surface area contributed by atoms with E-state index in [0.29, 0.717) is 0 Å². The summed E-state index contributed by atoms with van der Waals surface area (Å²) in [6.45, 7) is 4.80. The summed E-state index contributed by atoms with van der Waals surface area (Å²) in [5, 5.41) is 7.25. The number of ether oxygens (including phenoxy) is 2. The highest BCUT2D eigenvalue weighted by Crippen LogP contribution is 2.27. The molecular formula is C10H14Cl3NO3. The van der Waals surface area contributed by atoms with Crippen LogP contribution in [-0.4, -0.2) is 27.9 Å². The predicted molar refractivity (Wildman–Crippen MR) is 69.0 cm³/mol. The SMILES string of the molecule is CC(=O)OC(C)(C)/C=C\COC(=N)C(Cl)(Cl)Cl. The van der Waals surface area contributed by atoms with Gasteiger partial charge in [0.05, 0.1) is 0 Å². The lowest BCUT2D eigenvalue weighted by Crippen LogP contribution is -2.24. The summed E-state index contributed by atoms with van der Waals surface area (Å²) in [5.74, 6) is -0.841. The molecule has 0 fully saturated rings. The molecule has 98 valence electrons. The zero-order valence-electron chi connectivity index (χ0n) is 9.72. The minimum Gasteiger partial charge on any atom is -0.474 e. The number of esters is 1. The molecule has 0 aromatic heterocycles. The molecule has 0 aromatic carbocycles. The molecule has 0 rings (SSSR count). The van der Waals surface area contributed by atoms with Gasteiger partial charge in [-0.15, -0.1) is 0 Å². The minimum absolute atomic E-state index is 0.0530. The van der Waals surface area contributed by atoms with Crippen LogP contribution < -0.4 is 0 Å². The van der Waals surface area contributed by atoms with E-state index in [1.165, 1.54) is 6.92 Å². The highest BCUT2D eigenvalue weighted by Gasteiger charge is 2.28. The monoisotopic (exact) mass is 301 g/mol. The summed E-state index contributed by atoms with van der Waals surface area (Å²) in [4.78, 5) is 10.8. The Morgan fingerprint density at radius 1 is 1.35 bits per heavy atom. The van der Waals surface area contributed by atoms with Crippen LogP contribution in [0.3, 0.4) is 0 Å². The van der Waals surface area contributed by atoms with E-state index in [2.05, 4.69) is 0 Å². The van der Waals surface area contributed by atoms with Gasteiger partial charge in [-0.1, -0.05) is 34.8 Å². The number of hydrogen-bond donors (Lipinski definition) is 1. The Morgan fingerprint density at radius 2 is 1.88 bits per heavy atom. The standard InChI is InChI=1S/C10H14Cl3NO3/c1-7(15)17-9(2,3)5-4-6-16-8(14)10(11,12)13/h4-5,14H,6H2,1-3H3/b5-4-,14-8?. The first kappa shape index (κ1) is 16.6. The van der Waals surface area contributed by atoms with Gasteiger partial charge in [0.2, 0.25) is 5.90 Å². The van der Waals surface area contributed by atoms with Crippen LogP contribution in [0.25, 0.3) is 0 Å². The zero-order chi connectivity index (χ0) is 13.7. The van der Waals surface area contributed by atoms with E-state index in [4.69, 9.17) is 49.7 Å². The molecule has 0 aliphatic rings. The summed E-state index contributed by atoms with van der Waals surface area (Å²) in [5.41, 5.74) is -0.739. The number of carbonyl (C=O) groups is 1. The average Bonchev–Trinajstić information content (AvgIpc) is 2.08. The second kappa shape index (κ2) is 6.47. The van der Waals surface area contributed by atoms with Gasteiger partial charge in [0.15, 0.2) is 0 Å². The predicted octanol–water partition coefficient (Wildman–Crippen LogP) is 3.25. The smallest absolute Gasteiger partial charge is 0.303 e. The molecule has 0 aliphatic carbocycles. The van der Waals surface area contributed by atoms with Crippen molar-refractivity contribution in [1.29, 1.82) is 5.41 Å². The van der Waals surface area contributed by atoms with E-state index in [9.17, 15) is 4.79 Å². The van der Waals surface area contributed by atoms with Crippen molar-refractivity contribution >= 4 is 46.7 Å². The summed E-state index contributed by atoms with van der Waals surface area (Å²) in [6.07, 6.45) is 3.20. The third-order valence-electron chi connectivity index (χ3n) is 1.51. The first-order valence-corrected chi connectivity index (χ1v) is 5.84. The molecule has 0 atom stereocenters. The van der Waals surface area contributed by atoms with Crippen LogP contribution in [0.15, 0.2) is 12.2 Å². The van der Waals surface area contributed by atoms with Gasteiger partial charge in [0.25, 0.3) is 3.79 Å². The first-order chi connectivity index (χ1) is 7.54. The molecule has 0 unspecified atom stereocenters. The third-order valence-corrected chi connectivity index (χ3v) is 2.02. The van der Waals surface area contributed by atoms with Crippen LogP contribution in [0.5, 0.6) is 0 Å². The minimum atomic E-state index is -1.86. The molecule has 0 aromatic rings. The molecule has 4 nitrogen and oxygen atoms in total. The Morgan fingerprint density at radius 3 is 2.29 bits per heavy atom. The number of rotatable bonds is 4. The Labute approximate surface area is 115 Å². The van der Waals surface area contributed by atoms with Gasteiger partial charge >= 0.3 is 5.97 Å². The van der Waals surface area contributed by atoms with E-state index in [0.717, 1.165) is 0 Å². The second-order valence-electron chi connectivity index (χ2n) is 3.74. The molecule has 0 amide bonds. The van der Waals surface area contributed by atoms with Gasteiger partial charge in [-0.3, -0.25) is 10.2 Å². The number of nitrogens with one attached hydrogen (secondary N) is 1. The van der Waals surface area contributed by atoms with E-state index < -0.39 is 15.3 Å². The van der Waals surface area contributed by atoms with Crippen molar-refractivity contribution in [2.75, 3.05) is 6.61 Å². The lowest BCUT2D eigenvalue weighted by Gasteiger charge is -2.20. The molecule has 0 spiro atoms. The normalized spacial score (nSPS) is 12.6. The lowest BCUT2D eigenvalue weighted by molar-refractivity contribution is -0.149. The average molecular weight is 303 g/mol. The molecule has 0 saturated carbocycles. The van der Waals surface area contributed by atoms with Crippen LogP contribution in [0.1, 0.15) is 20.8 Å². The maximum absolute atomic E-state index is 10.8. The fourth-order valence-corrected chi connectivity index (χ4v) is 1.11. The topological polar surface area (TPSA) is 59.4 Å². The fourth-order valence-electron chi connectivity index (χ4n) is 0.950. The van der Waals surface area contributed by atoms with Gasteiger partial charge in [0.1, 0.15) is 12.2 Å². The van der Waals surface area contributed by atoms with Crippen molar-refractivity contribution in [3.8, 4) is 0 Å². The summed E-state index contributed by atoms with van der Waals surface area (Å²) >= 11 is 16.2. The number of alkyl halides is 3. The van der Waals surface area contributed by atoms with Crippen molar-refractivity contribution in [2.24, 2.45) is 0 Å². The van der Waals surface area contributed by atoms with Crippen LogP contribution >= 0.6 is 34.8 Å². The summed E-state index contributed by atoms with van der Waals surface area (Å²) in [6, 6.07) is 0. The molecule has 0 saturated heterocycles. The molecule has 17 heavy (non-hydrogen) atoms. The van der Waals surface area contributed by atoms with Gasteiger partial charge in [-0.25, -0.2) is 0 Å². The maximum atomic E-state index is 10.8. The Hall–Kier alpha value is -0.450. The molecule has 0 bridgehead atoms. The molecular weight excluding hydrogens is 288 g/mol. The van der Waals surface area contributed by atoms with E-state index in [-0.39, 0.29) is 12.6 Å². The van der Waals surface area contributed by atoms with Gasteiger partial charge in [-0.2, -0.15) is 0 Å². The third kappa shape index (κ3) is 8.30. The van der Waals surface area contributed by atoms with Crippen molar-refractivity contribution in [2.45, 2.75) is 30.2 Å². The van der Waals surface area contributed by atoms with Crippen LogP contribution in [0.2, 0.25) is 0 Å². The number of hydrogen-bond acceptors (Lipinski definition) is 4. The Kier molecular flexibility index (Phi) is 6.30. The molecule has 0 radical (unpaired) electrons. The van der Waals surface area contributed by atoms with E-state index >= 15 is 0 Å². The quantitative estimate of drug-likeness (QED) is 0.285. The maximum Gasteiger partial charge on any atom is 0.303 e. The Balaban J connectivity index is 4.13. The lowest BCUT2D eigenvalue weighted by atomic mass is 10.1. The van der Waals surface area contributed by atoms with Crippen LogP contribution in [0, 0.1) is 5.41 Å². The molecule has 0 aliphatic heterocycles. The number of carbonyl (C=O) groups excluding carboxylic acids is 1. The number of halogens is 3. The first-order valence-electron chi connectivity index (χ1n) is 4.70. The van der Waals surface area contributed by atoms with Crippen molar-refractivity contribution < 1.29 is 14.3 Å². The summed E-state index contributed by atoms with van der Waals surface area (Å²) < 4.78 is 8.00. The molecule has 7 heteroatoms. The largest absolute Gasteiger partial charge is 0.474 e. The van der Waals surface area contributed by atoms with Gasteiger partial charge in [-0.05, 0) is 26.0 Å². The highest BCUT2D eigenvalue weighted by molar-refractivity contribution is 6.76. The van der Waals surface area contributed by atoms with Crippen molar-refractivity contribution in [1.82, 2.24) is 0 Å². The van der Waals surface area contributed by atoms with Crippen LogP contribution in [-0.2, 0) is 14.3 Å². The van der Waals surface area contributed by atoms with E-state index in [1.807, 2.05) is 0 Å². The zero-order valence-corrected chi connectivity index (χ0v) is 12.0. The summed E-state index contributed by atoms with van der Waals surface area (Å²) in [7, 11) is 0. The second-order valence-corrected chi connectivity index (χ2v) is 6.02. The van der Waals surface area contributed by atoms with Crippen LogP contribution in [0.4, 0.5) is 0 Å². The highest BCUT2D eigenvalue weighted by atomic mass is 35.6. The van der Waals surface area contributed by atoms with Gasteiger partial charge in [0, 0.05) is 6.92 Å².